The van der Waals surface area contributed by atoms with Gasteiger partial charge in [0.25, 0.3) is 0 Å². The first-order chi connectivity index (χ1) is 9.65. The van der Waals surface area contributed by atoms with Crippen LogP contribution in [0, 0.1) is 13.8 Å². The Balaban J connectivity index is 2.93. The molecule has 0 saturated carbocycles. The Hall–Kier alpha value is -1.44. The van der Waals surface area contributed by atoms with Crippen molar-refractivity contribution in [3.05, 3.63) is 23.3 Å². The van der Waals surface area contributed by atoms with E-state index in [-0.39, 0.29) is 23.4 Å². The van der Waals surface area contributed by atoms with E-state index in [4.69, 9.17) is 5.14 Å². The molecule has 0 aliphatic heterocycles. The van der Waals surface area contributed by atoms with E-state index in [2.05, 4.69) is 10.6 Å². The van der Waals surface area contributed by atoms with Crippen LogP contribution >= 0.6 is 0 Å². The van der Waals surface area contributed by atoms with Gasteiger partial charge in [0, 0.05) is 11.7 Å². The summed E-state index contributed by atoms with van der Waals surface area (Å²) >= 11 is 0. The number of hydrogen-bond donors (Lipinski definition) is 3. The molecule has 0 spiro atoms. The minimum atomic E-state index is -3.80. The third kappa shape index (κ3) is 5.11. The Kier molecular flexibility index (Phi) is 5.88. The van der Waals surface area contributed by atoms with Crippen molar-refractivity contribution < 1.29 is 13.2 Å². The molecule has 6 nitrogen and oxygen atoms in total. The van der Waals surface area contributed by atoms with Crippen LogP contribution in [0.1, 0.15) is 31.4 Å². The maximum absolute atomic E-state index is 11.9. The lowest BCUT2D eigenvalue weighted by molar-refractivity contribution is -0.115. The SMILES string of the molecule is CCC(C)NCC(=O)Nc1cc(S(N)(=O)=O)cc(C)c1C. The van der Waals surface area contributed by atoms with Gasteiger partial charge in [-0.2, -0.15) is 0 Å². The van der Waals surface area contributed by atoms with E-state index < -0.39 is 10.0 Å². The summed E-state index contributed by atoms with van der Waals surface area (Å²) in [7, 11) is -3.80. The van der Waals surface area contributed by atoms with Crippen LogP contribution < -0.4 is 15.8 Å². The van der Waals surface area contributed by atoms with Crippen LogP contribution in [0.25, 0.3) is 0 Å². The minimum Gasteiger partial charge on any atom is -0.325 e. The molecule has 0 aliphatic carbocycles. The van der Waals surface area contributed by atoms with Gasteiger partial charge in [0.2, 0.25) is 15.9 Å². The fourth-order valence-electron chi connectivity index (χ4n) is 1.73. The highest BCUT2D eigenvalue weighted by molar-refractivity contribution is 7.89. The average Bonchev–Trinajstić information content (AvgIpc) is 2.39. The topological polar surface area (TPSA) is 101 Å². The van der Waals surface area contributed by atoms with Crippen LogP contribution in [-0.4, -0.2) is 26.9 Å². The van der Waals surface area contributed by atoms with Crippen molar-refractivity contribution in [2.24, 2.45) is 5.14 Å². The highest BCUT2D eigenvalue weighted by Crippen LogP contribution is 2.23. The van der Waals surface area contributed by atoms with Crippen molar-refractivity contribution in [1.29, 1.82) is 0 Å². The van der Waals surface area contributed by atoms with Gasteiger partial charge in [-0.1, -0.05) is 6.92 Å². The molecule has 4 N–H and O–H groups in total. The highest BCUT2D eigenvalue weighted by Gasteiger charge is 2.14. The van der Waals surface area contributed by atoms with Crippen molar-refractivity contribution in [3.8, 4) is 0 Å². The summed E-state index contributed by atoms with van der Waals surface area (Å²) in [6.45, 7) is 7.78. The van der Waals surface area contributed by atoms with Crippen LogP contribution in [0.4, 0.5) is 5.69 Å². The first-order valence-electron chi connectivity index (χ1n) is 6.82. The largest absolute Gasteiger partial charge is 0.325 e. The van der Waals surface area contributed by atoms with Crippen LogP contribution in [0.2, 0.25) is 0 Å². The van der Waals surface area contributed by atoms with Gasteiger partial charge in [0.15, 0.2) is 0 Å². The molecule has 7 heteroatoms. The molecule has 1 rings (SSSR count). The third-order valence-corrected chi connectivity index (χ3v) is 4.36. The standard InChI is InChI=1S/C14H23N3O3S/c1-5-10(3)16-8-14(18)17-13-7-12(21(15,19)20)6-9(2)11(13)4/h6-7,10,16H,5,8H2,1-4H3,(H,17,18)(H2,15,19,20). The molecule has 0 fully saturated rings. The average molecular weight is 313 g/mol. The molecule has 1 aromatic rings. The van der Waals surface area contributed by atoms with Crippen LogP contribution in [0.5, 0.6) is 0 Å². The van der Waals surface area contributed by atoms with E-state index in [0.717, 1.165) is 17.5 Å². The third-order valence-electron chi connectivity index (χ3n) is 3.47. The zero-order valence-corrected chi connectivity index (χ0v) is 13.7. The second kappa shape index (κ2) is 7.02. The molecule has 0 aliphatic rings. The lowest BCUT2D eigenvalue weighted by atomic mass is 10.1. The molecule has 0 aromatic heterocycles. The number of nitrogens with two attached hydrogens (primary N) is 1. The van der Waals surface area contributed by atoms with Gasteiger partial charge in [-0.15, -0.1) is 0 Å². The van der Waals surface area contributed by atoms with Crippen molar-refractivity contribution in [2.75, 3.05) is 11.9 Å². The number of hydrogen-bond acceptors (Lipinski definition) is 4. The predicted octanol–water partition coefficient (Wildman–Crippen LogP) is 1.28. The van der Waals surface area contributed by atoms with Gasteiger partial charge in [0.05, 0.1) is 11.4 Å². The molecule has 1 atom stereocenters. The second-order valence-electron chi connectivity index (χ2n) is 5.20. The number of aryl methyl sites for hydroxylation is 1. The smallest absolute Gasteiger partial charge is 0.238 e. The minimum absolute atomic E-state index is 0.00390. The van der Waals surface area contributed by atoms with E-state index in [0.29, 0.717) is 5.69 Å². The molecule has 0 bridgehead atoms. The summed E-state index contributed by atoms with van der Waals surface area (Å²) in [6.07, 6.45) is 0.923. The van der Waals surface area contributed by atoms with Crippen LogP contribution in [0.3, 0.4) is 0 Å². The number of nitrogens with one attached hydrogen (secondary N) is 2. The molecule has 1 aromatic carbocycles. The number of anilines is 1. The summed E-state index contributed by atoms with van der Waals surface area (Å²) in [5.41, 5.74) is 2.04. The van der Waals surface area contributed by atoms with Crippen molar-refractivity contribution in [3.63, 3.8) is 0 Å². The summed E-state index contributed by atoms with van der Waals surface area (Å²) in [5, 5.41) is 10.9. The Morgan fingerprint density at radius 1 is 1.33 bits per heavy atom. The number of primary sulfonamides is 1. The number of sulfonamides is 1. The Labute approximate surface area is 126 Å². The molecular formula is C14H23N3O3S. The Morgan fingerprint density at radius 2 is 1.95 bits per heavy atom. The molecule has 21 heavy (non-hydrogen) atoms. The first kappa shape index (κ1) is 17.6. The lowest BCUT2D eigenvalue weighted by Crippen LogP contribution is -2.34. The van der Waals surface area contributed by atoms with Gasteiger partial charge in [-0.05, 0) is 50.5 Å². The highest BCUT2D eigenvalue weighted by atomic mass is 32.2. The van der Waals surface area contributed by atoms with Crippen molar-refractivity contribution >= 4 is 21.6 Å². The second-order valence-corrected chi connectivity index (χ2v) is 6.76. The van der Waals surface area contributed by atoms with Gasteiger partial charge >= 0.3 is 0 Å². The fraction of sp³-hybridized carbons (Fsp3) is 0.500. The first-order valence-corrected chi connectivity index (χ1v) is 8.37. The van der Waals surface area contributed by atoms with Gasteiger partial charge < -0.3 is 10.6 Å². The molecular weight excluding hydrogens is 290 g/mol. The molecule has 1 amide bonds. The molecule has 1 unspecified atom stereocenters. The number of carbonyl (C=O) groups is 1. The van der Waals surface area contributed by atoms with Gasteiger partial charge in [-0.25, -0.2) is 13.6 Å². The molecule has 118 valence electrons. The zero-order valence-electron chi connectivity index (χ0n) is 12.9. The lowest BCUT2D eigenvalue weighted by Gasteiger charge is -2.14. The number of rotatable bonds is 6. The number of carbonyl (C=O) groups excluding carboxylic acids is 1. The number of amides is 1. The monoisotopic (exact) mass is 313 g/mol. The van der Waals surface area contributed by atoms with Crippen LogP contribution in [-0.2, 0) is 14.8 Å². The van der Waals surface area contributed by atoms with Gasteiger partial charge in [0.1, 0.15) is 0 Å². The summed E-state index contributed by atoms with van der Waals surface area (Å²) in [5.74, 6) is -0.218. The zero-order chi connectivity index (χ0) is 16.2. The quantitative estimate of drug-likeness (QED) is 0.736. The normalized spacial score (nSPS) is 13.0. The Morgan fingerprint density at radius 3 is 2.48 bits per heavy atom. The summed E-state index contributed by atoms with van der Waals surface area (Å²) in [6, 6.07) is 3.13. The Bertz CT molecular complexity index is 627. The molecule has 0 heterocycles. The number of benzene rings is 1. The predicted molar refractivity (Wildman–Crippen MR) is 83.7 cm³/mol. The van der Waals surface area contributed by atoms with E-state index in [9.17, 15) is 13.2 Å². The summed E-state index contributed by atoms with van der Waals surface area (Å²) < 4.78 is 22.9. The van der Waals surface area contributed by atoms with E-state index in [1.54, 1.807) is 6.92 Å². The van der Waals surface area contributed by atoms with Crippen molar-refractivity contribution in [1.82, 2.24) is 5.32 Å². The molecule has 0 saturated heterocycles. The van der Waals surface area contributed by atoms with E-state index in [1.807, 2.05) is 20.8 Å². The van der Waals surface area contributed by atoms with E-state index >= 15 is 0 Å². The maximum atomic E-state index is 11.9. The summed E-state index contributed by atoms with van der Waals surface area (Å²) in [4.78, 5) is 11.9. The van der Waals surface area contributed by atoms with Gasteiger partial charge in [-0.3, -0.25) is 4.79 Å². The van der Waals surface area contributed by atoms with Crippen LogP contribution in [0.15, 0.2) is 17.0 Å². The molecule has 0 radical (unpaired) electrons. The maximum Gasteiger partial charge on any atom is 0.238 e. The fourth-order valence-corrected chi connectivity index (χ4v) is 2.35. The van der Waals surface area contributed by atoms with Crippen molar-refractivity contribution in [2.45, 2.75) is 45.1 Å². The van der Waals surface area contributed by atoms with E-state index in [1.165, 1.54) is 12.1 Å².